The molecule has 1 heterocycles. The van der Waals surface area contributed by atoms with E-state index in [4.69, 9.17) is 4.74 Å². The number of aryl methyl sites for hydroxylation is 2. The van der Waals surface area contributed by atoms with E-state index in [1.807, 2.05) is 30.7 Å². The highest BCUT2D eigenvalue weighted by Crippen LogP contribution is 2.17. The second-order valence-electron chi connectivity index (χ2n) is 7.11. The lowest BCUT2D eigenvalue weighted by Crippen LogP contribution is -2.36. The maximum atomic E-state index is 13.8. The zero-order valence-corrected chi connectivity index (χ0v) is 20.6. The number of benzene rings is 2. The molecule has 8 heteroatoms. The van der Waals surface area contributed by atoms with E-state index in [9.17, 15) is 4.39 Å². The van der Waals surface area contributed by atoms with Gasteiger partial charge in [0.25, 0.3) is 0 Å². The van der Waals surface area contributed by atoms with E-state index < -0.39 is 0 Å². The SMILES string of the molecule is CN=C(NCc1ccc(F)c(COC)c1)NCc1ccccc1-n1nc(C)cc1C.I. The highest BCUT2D eigenvalue weighted by molar-refractivity contribution is 14.0. The number of hydrogen-bond donors (Lipinski definition) is 2. The number of aliphatic imine (C=N–C) groups is 1. The molecular weight excluding hydrogens is 508 g/mol. The Morgan fingerprint density at radius 2 is 1.81 bits per heavy atom. The summed E-state index contributed by atoms with van der Waals surface area (Å²) < 4.78 is 20.8. The molecule has 0 atom stereocenters. The Morgan fingerprint density at radius 3 is 2.48 bits per heavy atom. The lowest BCUT2D eigenvalue weighted by atomic mass is 10.1. The molecule has 0 spiro atoms. The maximum Gasteiger partial charge on any atom is 0.191 e. The molecule has 0 aliphatic carbocycles. The molecule has 0 fully saturated rings. The van der Waals surface area contributed by atoms with Gasteiger partial charge in [0.05, 0.1) is 18.0 Å². The van der Waals surface area contributed by atoms with Gasteiger partial charge in [-0.05, 0) is 49.2 Å². The van der Waals surface area contributed by atoms with Gasteiger partial charge in [0.15, 0.2) is 5.96 Å². The molecule has 0 saturated carbocycles. The monoisotopic (exact) mass is 537 g/mol. The first kappa shape index (κ1) is 24.8. The molecule has 3 aromatic rings. The molecule has 166 valence electrons. The van der Waals surface area contributed by atoms with E-state index in [1.165, 1.54) is 6.07 Å². The highest BCUT2D eigenvalue weighted by Gasteiger charge is 2.10. The normalized spacial score (nSPS) is 11.2. The van der Waals surface area contributed by atoms with Gasteiger partial charge in [-0.25, -0.2) is 9.07 Å². The molecule has 1 aromatic heterocycles. The molecule has 6 nitrogen and oxygen atoms in total. The summed E-state index contributed by atoms with van der Waals surface area (Å²) in [5, 5.41) is 11.2. The van der Waals surface area contributed by atoms with Crippen LogP contribution in [0.4, 0.5) is 4.39 Å². The summed E-state index contributed by atoms with van der Waals surface area (Å²) in [5.74, 6) is 0.402. The van der Waals surface area contributed by atoms with Crippen LogP contribution in [-0.2, 0) is 24.4 Å². The minimum atomic E-state index is -0.260. The average Bonchev–Trinajstić information content (AvgIpc) is 3.08. The third-order valence-corrected chi connectivity index (χ3v) is 4.77. The Hall–Kier alpha value is -2.46. The molecule has 0 bridgehead atoms. The van der Waals surface area contributed by atoms with E-state index >= 15 is 0 Å². The number of para-hydroxylation sites is 1. The van der Waals surface area contributed by atoms with Crippen LogP contribution in [0.2, 0.25) is 0 Å². The van der Waals surface area contributed by atoms with Gasteiger partial charge in [0.1, 0.15) is 5.82 Å². The maximum absolute atomic E-state index is 13.8. The topological polar surface area (TPSA) is 63.5 Å². The summed E-state index contributed by atoms with van der Waals surface area (Å²) in [6.45, 7) is 5.40. The zero-order chi connectivity index (χ0) is 21.5. The molecular formula is C23H29FIN5O. The molecule has 0 unspecified atom stereocenters. The Labute approximate surface area is 199 Å². The highest BCUT2D eigenvalue weighted by atomic mass is 127. The van der Waals surface area contributed by atoms with Gasteiger partial charge in [-0.2, -0.15) is 5.10 Å². The van der Waals surface area contributed by atoms with Gasteiger partial charge in [0, 0.05) is 38.5 Å². The van der Waals surface area contributed by atoms with Crippen molar-refractivity contribution >= 4 is 29.9 Å². The molecule has 2 N–H and O–H groups in total. The van der Waals surface area contributed by atoms with Crippen LogP contribution >= 0.6 is 24.0 Å². The molecule has 31 heavy (non-hydrogen) atoms. The smallest absolute Gasteiger partial charge is 0.191 e. The van der Waals surface area contributed by atoms with Gasteiger partial charge in [0.2, 0.25) is 0 Å². The standard InChI is InChI=1S/C23H28FN5O.HI/c1-16-11-17(2)29(28-16)22-8-6-5-7-19(22)14-27-23(25-3)26-13-18-9-10-21(24)20(12-18)15-30-4;/h5-12H,13-15H2,1-4H3,(H2,25,26,27);1H. The van der Waals surface area contributed by atoms with Crippen molar-refractivity contribution in [3.05, 3.63) is 82.4 Å². The Bertz CT molecular complexity index is 1030. The second-order valence-corrected chi connectivity index (χ2v) is 7.11. The van der Waals surface area contributed by atoms with Crippen LogP contribution < -0.4 is 10.6 Å². The van der Waals surface area contributed by atoms with E-state index in [2.05, 4.69) is 38.9 Å². The summed E-state index contributed by atoms with van der Waals surface area (Å²) in [7, 11) is 3.28. The predicted molar refractivity (Wildman–Crippen MR) is 133 cm³/mol. The fourth-order valence-electron chi connectivity index (χ4n) is 3.33. The average molecular weight is 537 g/mol. The summed E-state index contributed by atoms with van der Waals surface area (Å²) >= 11 is 0. The Morgan fingerprint density at radius 1 is 1.06 bits per heavy atom. The molecule has 0 aliphatic heterocycles. The zero-order valence-electron chi connectivity index (χ0n) is 18.3. The van der Waals surface area contributed by atoms with Crippen molar-refractivity contribution in [2.75, 3.05) is 14.2 Å². The number of hydrogen-bond acceptors (Lipinski definition) is 3. The fourth-order valence-corrected chi connectivity index (χ4v) is 3.33. The van der Waals surface area contributed by atoms with Gasteiger partial charge in [-0.3, -0.25) is 4.99 Å². The lowest BCUT2D eigenvalue weighted by Gasteiger charge is -2.15. The molecule has 2 aromatic carbocycles. The Balaban J connectivity index is 0.00000341. The first-order valence-electron chi connectivity index (χ1n) is 9.84. The summed E-state index contributed by atoms with van der Waals surface area (Å²) in [4.78, 5) is 4.29. The van der Waals surface area contributed by atoms with Crippen LogP contribution in [0.25, 0.3) is 5.69 Å². The van der Waals surface area contributed by atoms with Crippen LogP contribution in [0, 0.1) is 19.7 Å². The first-order chi connectivity index (χ1) is 14.5. The second kappa shape index (κ2) is 11.8. The van der Waals surface area contributed by atoms with Crippen LogP contribution in [0.15, 0.2) is 53.5 Å². The number of methoxy groups -OCH3 is 1. The van der Waals surface area contributed by atoms with Crippen LogP contribution in [0.5, 0.6) is 0 Å². The van der Waals surface area contributed by atoms with E-state index in [0.29, 0.717) is 24.6 Å². The van der Waals surface area contributed by atoms with Crippen molar-refractivity contribution in [1.82, 2.24) is 20.4 Å². The van der Waals surface area contributed by atoms with Gasteiger partial charge < -0.3 is 15.4 Å². The molecule has 0 saturated heterocycles. The molecule has 3 rings (SSSR count). The third kappa shape index (κ3) is 6.51. The number of guanidine groups is 1. The van der Waals surface area contributed by atoms with Crippen molar-refractivity contribution in [2.45, 2.75) is 33.5 Å². The fraction of sp³-hybridized carbons (Fsp3) is 0.304. The van der Waals surface area contributed by atoms with Crippen molar-refractivity contribution in [1.29, 1.82) is 0 Å². The third-order valence-electron chi connectivity index (χ3n) is 4.77. The van der Waals surface area contributed by atoms with Crippen LogP contribution in [-0.4, -0.2) is 29.9 Å². The summed E-state index contributed by atoms with van der Waals surface area (Å²) in [6, 6.07) is 15.2. The molecule has 0 amide bonds. The van der Waals surface area contributed by atoms with Crippen LogP contribution in [0.3, 0.4) is 0 Å². The summed E-state index contributed by atoms with van der Waals surface area (Å²) in [5.41, 5.74) is 5.71. The van der Waals surface area contributed by atoms with Crippen molar-refractivity contribution < 1.29 is 9.13 Å². The lowest BCUT2D eigenvalue weighted by molar-refractivity contribution is 0.181. The number of rotatable bonds is 7. The quantitative estimate of drug-likeness (QED) is 0.269. The van der Waals surface area contributed by atoms with Crippen molar-refractivity contribution in [2.24, 2.45) is 4.99 Å². The Kier molecular flexibility index (Phi) is 9.44. The van der Waals surface area contributed by atoms with E-state index in [1.54, 1.807) is 26.3 Å². The number of halogens is 2. The minimum Gasteiger partial charge on any atom is -0.380 e. The minimum absolute atomic E-state index is 0. The largest absolute Gasteiger partial charge is 0.380 e. The predicted octanol–water partition coefficient (Wildman–Crippen LogP) is 4.26. The number of nitrogens with zero attached hydrogens (tertiary/aromatic N) is 3. The van der Waals surface area contributed by atoms with E-state index in [0.717, 1.165) is 28.2 Å². The van der Waals surface area contributed by atoms with Gasteiger partial charge in [-0.1, -0.05) is 24.3 Å². The number of nitrogens with one attached hydrogen (secondary N) is 2. The number of ether oxygens (including phenoxy) is 1. The molecule has 0 radical (unpaired) electrons. The van der Waals surface area contributed by atoms with Crippen molar-refractivity contribution in [3.8, 4) is 5.69 Å². The summed E-state index contributed by atoms with van der Waals surface area (Å²) in [6.07, 6.45) is 0. The van der Waals surface area contributed by atoms with Crippen LogP contribution in [0.1, 0.15) is 28.1 Å². The van der Waals surface area contributed by atoms with Crippen molar-refractivity contribution in [3.63, 3.8) is 0 Å². The number of aromatic nitrogens is 2. The van der Waals surface area contributed by atoms with Gasteiger partial charge in [-0.15, -0.1) is 24.0 Å². The van der Waals surface area contributed by atoms with E-state index in [-0.39, 0.29) is 36.4 Å². The van der Waals surface area contributed by atoms with Gasteiger partial charge >= 0.3 is 0 Å². The first-order valence-corrected chi connectivity index (χ1v) is 9.84. The molecule has 0 aliphatic rings.